The number of hydrogen-bond acceptors (Lipinski definition) is 8. The molecule has 0 aromatic carbocycles. The molecule has 10 heteroatoms. The van der Waals surface area contributed by atoms with Crippen LogP contribution in [-0.2, 0) is 14.3 Å². The second-order valence-electron chi connectivity index (χ2n) is 5.78. The van der Waals surface area contributed by atoms with Gasteiger partial charge >= 0.3 is 5.97 Å². The molecule has 23 heavy (non-hydrogen) atoms. The Balaban J connectivity index is 1.74. The Hall–Kier alpha value is -1.52. The van der Waals surface area contributed by atoms with Crippen LogP contribution in [0, 0.1) is 0 Å². The van der Waals surface area contributed by atoms with Crippen LogP contribution in [0.2, 0.25) is 0 Å². The second kappa shape index (κ2) is 5.25. The monoisotopic (exact) mass is 353 g/mol. The predicted molar refractivity (Wildman–Crippen MR) is 85.1 cm³/mol. The number of aromatic nitrogens is 3. The van der Waals surface area contributed by atoms with Gasteiger partial charge in [-0.05, 0) is 31.4 Å². The van der Waals surface area contributed by atoms with Gasteiger partial charge in [-0.2, -0.15) is 4.09 Å². The first-order chi connectivity index (χ1) is 11.0. The number of carbonyl (C=O) groups excluding carboxylic acids is 2. The molecule has 1 amide bonds. The average molecular weight is 353 g/mol. The van der Waals surface area contributed by atoms with Crippen LogP contribution in [0.3, 0.4) is 0 Å². The summed E-state index contributed by atoms with van der Waals surface area (Å²) in [6, 6.07) is -0.551. The van der Waals surface area contributed by atoms with Gasteiger partial charge in [-0.25, -0.2) is 4.79 Å². The van der Waals surface area contributed by atoms with E-state index in [2.05, 4.69) is 10.3 Å². The molecule has 2 unspecified atom stereocenters. The van der Waals surface area contributed by atoms with Gasteiger partial charge in [-0.1, -0.05) is 5.21 Å². The highest BCUT2D eigenvalue weighted by atomic mass is 32.2. The maximum absolute atomic E-state index is 12.6. The smallest absolute Gasteiger partial charge is 0.355 e. The Morgan fingerprint density at radius 3 is 3.00 bits per heavy atom. The minimum absolute atomic E-state index is 0.0298. The van der Waals surface area contributed by atoms with E-state index in [1.165, 1.54) is 16.8 Å². The van der Waals surface area contributed by atoms with Gasteiger partial charge in [0.15, 0.2) is 0 Å². The van der Waals surface area contributed by atoms with Crippen LogP contribution in [0.4, 0.5) is 0 Å². The normalized spacial score (nSPS) is 29.0. The zero-order valence-corrected chi connectivity index (χ0v) is 14.1. The highest BCUT2D eigenvalue weighted by Gasteiger charge is 2.54. The lowest BCUT2D eigenvalue weighted by Crippen LogP contribution is -2.68. The van der Waals surface area contributed by atoms with Crippen molar-refractivity contribution in [3.63, 3.8) is 0 Å². The number of nitrogens with zero attached hydrogens (tertiary/aromatic N) is 4. The Bertz CT molecular complexity index is 731. The Morgan fingerprint density at radius 1 is 1.52 bits per heavy atom. The number of rotatable bonds is 3. The van der Waals surface area contributed by atoms with Gasteiger partial charge in [0, 0.05) is 5.75 Å². The molecule has 8 nitrogen and oxygen atoms in total. The summed E-state index contributed by atoms with van der Waals surface area (Å²) in [4.78, 5) is 26.3. The summed E-state index contributed by atoms with van der Waals surface area (Å²) >= 11 is 3.06. The molecular weight excluding hydrogens is 338 g/mol. The molecule has 3 atom stereocenters. The number of nitrogens with two attached hydrogens (primary N) is 1. The Labute approximate surface area is 140 Å². The van der Waals surface area contributed by atoms with E-state index < -0.39 is 12.0 Å². The quantitative estimate of drug-likeness (QED) is 0.610. The third-order valence-electron chi connectivity index (χ3n) is 3.91. The van der Waals surface area contributed by atoms with Crippen LogP contribution < -0.4 is 5.73 Å². The molecule has 4 rings (SSSR count). The van der Waals surface area contributed by atoms with Crippen LogP contribution in [0.15, 0.2) is 17.5 Å². The Morgan fingerprint density at radius 2 is 2.30 bits per heavy atom. The van der Waals surface area contributed by atoms with E-state index in [1.807, 2.05) is 0 Å². The lowest BCUT2D eigenvalue weighted by atomic mass is 10.0. The van der Waals surface area contributed by atoms with Gasteiger partial charge in [-0.15, -0.1) is 16.9 Å². The fourth-order valence-electron chi connectivity index (χ4n) is 2.83. The largest absolute Gasteiger partial charge is 0.458 e. The number of ether oxygens (including phenoxy) is 1. The summed E-state index contributed by atoms with van der Waals surface area (Å²) in [6.45, 7) is 3.57. The molecule has 0 saturated carbocycles. The Kier molecular flexibility index (Phi) is 3.43. The van der Waals surface area contributed by atoms with Crippen molar-refractivity contribution < 1.29 is 14.3 Å². The lowest BCUT2D eigenvalue weighted by Gasteiger charge is -2.49. The highest BCUT2D eigenvalue weighted by Crippen LogP contribution is 2.51. The first-order valence-corrected chi connectivity index (χ1v) is 9.09. The number of amides is 1. The maximum atomic E-state index is 12.6. The summed E-state index contributed by atoms with van der Waals surface area (Å²) in [5.74, 6) is -0.0634. The standard InChI is InChI=1S/C13H15N5O3S2/c1-5(2)21-13(20)9-6(10-7-3-15-16-18(7)23-10)4-22-12-8(14)11(19)17(9)12/h3,5,8,10,12H,4,14H2,1-2H3/t8?,10?,12-/m0/s1. The molecule has 0 radical (unpaired) electrons. The van der Waals surface area contributed by atoms with Crippen molar-refractivity contribution in [3.05, 3.63) is 23.2 Å². The van der Waals surface area contributed by atoms with Gasteiger partial charge < -0.3 is 10.5 Å². The molecule has 0 bridgehead atoms. The molecule has 122 valence electrons. The first-order valence-electron chi connectivity index (χ1n) is 7.21. The molecule has 3 aliphatic rings. The molecule has 1 fully saturated rings. The van der Waals surface area contributed by atoms with E-state index in [0.717, 1.165) is 11.3 Å². The third-order valence-corrected chi connectivity index (χ3v) is 6.45. The number of thioether (sulfide) groups is 1. The van der Waals surface area contributed by atoms with E-state index >= 15 is 0 Å². The van der Waals surface area contributed by atoms with Crippen molar-refractivity contribution in [1.29, 1.82) is 0 Å². The second-order valence-corrected chi connectivity index (χ2v) is 7.91. The van der Waals surface area contributed by atoms with Gasteiger partial charge in [0.1, 0.15) is 17.1 Å². The zero-order valence-electron chi connectivity index (χ0n) is 12.5. The van der Waals surface area contributed by atoms with E-state index in [9.17, 15) is 9.59 Å². The van der Waals surface area contributed by atoms with Crippen molar-refractivity contribution in [3.8, 4) is 0 Å². The fraction of sp³-hybridized carbons (Fsp3) is 0.538. The van der Waals surface area contributed by atoms with E-state index in [-0.39, 0.29) is 22.6 Å². The van der Waals surface area contributed by atoms with E-state index in [1.54, 1.807) is 35.9 Å². The predicted octanol–water partition coefficient (Wildman–Crippen LogP) is 0.277. The fourth-order valence-corrected chi connectivity index (χ4v) is 5.26. The van der Waals surface area contributed by atoms with Crippen LogP contribution in [0.25, 0.3) is 0 Å². The van der Waals surface area contributed by atoms with Crippen molar-refractivity contribution in [1.82, 2.24) is 19.3 Å². The van der Waals surface area contributed by atoms with Crippen molar-refractivity contribution in [2.45, 2.75) is 36.6 Å². The summed E-state index contributed by atoms with van der Waals surface area (Å²) in [6.07, 6.45) is 1.43. The van der Waals surface area contributed by atoms with Gasteiger partial charge in [0.25, 0.3) is 0 Å². The van der Waals surface area contributed by atoms with Crippen LogP contribution in [0.5, 0.6) is 0 Å². The molecule has 3 aliphatic heterocycles. The first kappa shape index (κ1) is 15.0. The third kappa shape index (κ3) is 2.12. The zero-order chi connectivity index (χ0) is 16.3. The molecule has 4 heterocycles. The molecule has 1 aromatic rings. The van der Waals surface area contributed by atoms with Gasteiger partial charge in [0.2, 0.25) is 5.91 Å². The summed E-state index contributed by atoms with van der Waals surface area (Å²) < 4.78 is 7.07. The lowest BCUT2D eigenvalue weighted by molar-refractivity contribution is -0.153. The van der Waals surface area contributed by atoms with Crippen molar-refractivity contribution in [2.24, 2.45) is 5.73 Å². The summed E-state index contributed by atoms with van der Waals surface area (Å²) in [7, 11) is 0. The molecule has 0 aliphatic carbocycles. The average Bonchev–Trinajstić information content (AvgIpc) is 2.86. The van der Waals surface area contributed by atoms with Crippen LogP contribution in [-0.4, -0.2) is 54.4 Å². The molecule has 0 spiro atoms. The maximum Gasteiger partial charge on any atom is 0.355 e. The van der Waals surface area contributed by atoms with Gasteiger partial charge in [0.05, 0.1) is 23.2 Å². The topological polar surface area (TPSA) is 103 Å². The SMILES string of the molecule is CC(C)OC(=O)C1=C(C2Sn3nncc32)CS[C@H]2C(N)C(=O)N12. The molecule has 1 saturated heterocycles. The highest BCUT2D eigenvalue weighted by molar-refractivity contribution is 8.01. The number of fused-ring (bicyclic) bond motifs is 2. The van der Waals surface area contributed by atoms with Crippen LogP contribution in [0.1, 0.15) is 24.8 Å². The van der Waals surface area contributed by atoms with E-state index in [4.69, 9.17) is 10.5 Å². The number of hydrogen-bond donors (Lipinski definition) is 1. The number of esters is 1. The molecule has 1 aromatic heterocycles. The number of β-lactam (4-membered cyclic amide) rings is 1. The van der Waals surface area contributed by atoms with Crippen molar-refractivity contribution in [2.75, 3.05) is 5.75 Å². The summed E-state index contributed by atoms with van der Waals surface area (Å²) in [5, 5.41) is 7.58. The van der Waals surface area contributed by atoms with Gasteiger partial charge in [-0.3, -0.25) is 9.69 Å². The summed E-state index contributed by atoms with van der Waals surface area (Å²) in [5.41, 5.74) is 8.00. The number of carbonyl (C=O) groups is 2. The van der Waals surface area contributed by atoms with Crippen LogP contribution >= 0.6 is 23.7 Å². The molecule has 2 N–H and O–H groups in total. The minimum atomic E-state index is -0.551. The minimum Gasteiger partial charge on any atom is -0.458 e. The van der Waals surface area contributed by atoms with E-state index in [0.29, 0.717) is 11.4 Å². The van der Waals surface area contributed by atoms with Crippen molar-refractivity contribution >= 4 is 35.6 Å². The molecular formula is C13H15N5O3S2.